The third-order valence-corrected chi connectivity index (χ3v) is 9.47. The Labute approximate surface area is 282 Å². The lowest BCUT2D eigenvalue weighted by Gasteiger charge is -2.35. The molecule has 3 heterocycles. The molecule has 1 aliphatic rings. The Morgan fingerprint density at radius 1 is 0.978 bits per heavy atom. The Balaban J connectivity index is 1.30. The summed E-state index contributed by atoms with van der Waals surface area (Å²) in [7, 11) is 5.14. The second kappa shape index (κ2) is 15.8. The third-order valence-electron chi connectivity index (χ3n) is 7.73. The normalized spacial score (nSPS) is 14.6. The molecular formula is C34H36Cl2N3O6S+. The van der Waals surface area contributed by atoms with Crippen molar-refractivity contribution in [3.63, 3.8) is 0 Å². The molecule has 2 N–H and O–H groups in total. The maximum Gasteiger partial charge on any atom is 0.348 e. The number of methoxy groups -OCH3 is 2. The van der Waals surface area contributed by atoms with Gasteiger partial charge in [-0.1, -0.05) is 59.6 Å². The molecule has 5 rings (SSSR count). The van der Waals surface area contributed by atoms with Crippen LogP contribution in [0.15, 0.2) is 73.1 Å². The van der Waals surface area contributed by atoms with Crippen LogP contribution >= 0.6 is 34.5 Å². The summed E-state index contributed by atoms with van der Waals surface area (Å²) in [5.41, 5.74) is 2.12. The summed E-state index contributed by atoms with van der Waals surface area (Å²) in [5.74, 6) is 0.563. The van der Waals surface area contributed by atoms with Crippen molar-refractivity contribution in [3.8, 4) is 11.5 Å². The summed E-state index contributed by atoms with van der Waals surface area (Å²) in [4.78, 5) is 33.0. The van der Waals surface area contributed by atoms with Crippen molar-refractivity contribution < 1.29 is 33.5 Å². The van der Waals surface area contributed by atoms with Gasteiger partial charge in [0, 0.05) is 42.4 Å². The first-order valence-corrected chi connectivity index (χ1v) is 16.3. The van der Waals surface area contributed by atoms with Gasteiger partial charge in [-0.3, -0.25) is 5.32 Å². The van der Waals surface area contributed by atoms with Gasteiger partial charge >= 0.3 is 11.9 Å². The number of rotatable bonds is 14. The number of thiophene rings is 1. The molecular weight excluding hydrogens is 649 g/mol. The summed E-state index contributed by atoms with van der Waals surface area (Å²) in [6.45, 7) is 2.58. The van der Waals surface area contributed by atoms with Crippen LogP contribution < -0.4 is 19.8 Å². The molecule has 2 atom stereocenters. The first-order valence-electron chi connectivity index (χ1n) is 14.7. The molecule has 2 aromatic heterocycles. The lowest BCUT2D eigenvalue weighted by atomic mass is 10.0. The van der Waals surface area contributed by atoms with Crippen molar-refractivity contribution in [2.24, 2.45) is 5.92 Å². The smallest absolute Gasteiger partial charge is 0.348 e. The van der Waals surface area contributed by atoms with Crippen molar-refractivity contribution in [3.05, 3.63) is 110 Å². The molecule has 242 valence electrons. The molecule has 1 aliphatic heterocycles. The molecule has 1 saturated heterocycles. The number of benzene rings is 2. The van der Waals surface area contributed by atoms with Crippen LogP contribution in [0.2, 0.25) is 10.0 Å². The van der Waals surface area contributed by atoms with Gasteiger partial charge in [-0.15, -0.1) is 11.3 Å². The van der Waals surface area contributed by atoms with Gasteiger partial charge in [0.15, 0.2) is 23.9 Å². The Kier molecular flexibility index (Phi) is 11.5. The number of carbonyl (C=O) groups is 2. The monoisotopic (exact) mass is 684 g/mol. The number of hydrogen-bond donors (Lipinski definition) is 1. The van der Waals surface area contributed by atoms with Gasteiger partial charge in [-0.05, 0) is 42.4 Å². The summed E-state index contributed by atoms with van der Waals surface area (Å²) in [6, 6.07) is 17.7. The van der Waals surface area contributed by atoms with Crippen LogP contribution in [-0.2, 0) is 27.2 Å². The van der Waals surface area contributed by atoms with E-state index in [1.54, 1.807) is 44.8 Å². The molecule has 1 unspecified atom stereocenters. The maximum atomic E-state index is 13.5. The van der Waals surface area contributed by atoms with E-state index >= 15 is 0 Å². The minimum Gasteiger partial charge on any atom is -0.493 e. The predicted molar refractivity (Wildman–Crippen MR) is 177 cm³/mol. The van der Waals surface area contributed by atoms with Gasteiger partial charge in [0.05, 0.1) is 20.8 Å². The number of aromatic amines is 1. The number of H-pyrrole nitrogens is 1. The topological polar surface area (TPSA) is 100 Å². The van der Waals surface area contributed by atoms with Crippen LogP contribution in [0.1, 0.15) is 43.4 Å². The highest BCUT2D eigenvalue weighted by Gasteiger charge is 2.28. The van der Waals surface area contributed by atoms with E-state index in [4.69, 9.17) is 42.1 Å². The second-order valence-electron chi connectivity index (χ2n) is 11.1. The second-order valence-corrected chi connectivity index (χ2v) is 13.0. The minimum atomic E-state index is -0.735. The van der Waals surface area contributed by atoms with E-state index in [-0.39, 0.29) is 12.4 Å². The average molecular weight is 686 g/mol. The molecule has 12 heteroatoms. The minimum absolute atomic E-state index is 0.228. The molecule has 1 fully saturated rings. The predicted octanol–water partition coefficient (Wildman–Crippen LogP) is 5.96. The summed E-state index contributed by atoms with van der Waals surface area (Å²) in [6.07, 6.45) is 2.74. The molecule has 0 aliphatic carbocycles. The number of hydrogen-bond acceptors (Lipinski definition) is 9. The van der Waals surface area contributed by atoms with E-state index in [1.165, 1.54) is 11.3 Å². The zero-order valence-corrected chi connectivity index (χ0v) is 28.1. The van der Waals surface area contributed by atoms with E-state index in [9.17, 15) is 9.59 Å². The molecule has 2 aromatic carbocycles. The van der Waals surface area contributed by atoms with Crippen molar-refractivity contribution in [1.82, 2.24) is 10.2 Å². The number of likely N-dealkylation sites (tertiary alicyclic amines) is 1. The average Bonchev–Trinajstić information content (AvgIpc) is 3.53. The SMILES string of the molecule is COc1ccc([C@H](Cc2c(Cl)c[nH+]cc2Cl)OC(=O)c2ccc(CNC(C(=O)OCC3CN(C)C3)c3ccccc3)s2)cc1OC. The van der Waals surface area contributed by atoms with E-state index in [1.807, 2.05) is 49.5 Å². The zero-order valence-electron chi connectivity index (χ0n) is 25.8. The Morgan fingerprint density at radius 2 is 1.70 bits per heavy atom. The zero-order chi connectivity index (χ0) is 32.6. The highest BCUT2D eigenvalue weighted by Crippen LogP contribution is 2.35. The quantitative estimate of drug-likeness (QED) is 0.162. The highest BCUT2D eigenvalue weighted by molar-refractivity contribution is 7.13. The summed E-state index contributed by atoms with van der Waals surface area (Å²) in [5, 5.41) is 4.17. The van der Waals surface area contributed by atoms with Crippen LogP contribution in [0.3, 0.4) is 0 Å². The molecule has 9 nitrogen and oxygen atoms in total. The Hall–Kier alpha value is -3.67. The Bertz CT molecular complexity index is 1630. The number of esters is 2. The molecule has 0 spiro atoms. The first-order chi connectivity index (χ1) is 22.2. The van der Waals surface area contributed by atoms with Crippen LogP contribution in [0.25, 0.3) is 0 Å². The largest absolute Gasteiger partial charge is 0.493 e. The van der Waals surface area contributed by atoms with Gasteiger partial charge < -0.3 is 23.8 Å². The van der Waals surface area contributed by atoms with Crippen LogP contribution in [0.4, 0.5) is 0 Å². The fraction of sp³-hybridized carbons (Fsp3) is 0.324. The number of halogens is 2. The van der Waals surface area contributed by atoms with Gasteiger partial charge in [-0.2, -0.15) is 0 Å². The molecule has 4 aromatic rings. The van der Waals surface area contributed by atoms with Gasteiger partial charge in [0.1, 0.15) is 27.1 Å². The fourth-order valence-electron chi connectivity index (χ4n) is 5.31. The fourth-order valence-corrected chi connectivity index (χ4v) is 6.68. The maximum absolute atomic E-state index is 13.5. The first kappa shape index (κ1) is 33.7. The molecule has 46 heavy (non-hydrogen) atoms. The van der Waals surface area contributed by atoms with E-state index < -0.39 is 18.1 Å². The number of nitrogens with zero attached hydrogens (tertiary/aromatic N) is 1. The van der Waals surface area contributed by atoms with Gasteiger partial charge in [0.2, 0.25) is 0 Å². The van der Waals surface area contributed by atoms with Crippen LogP contribution in [0.5, 0.6) is 11.5 Å². The number of aromatic nitrogens is 1. The van der Waals surface area contributed by atoms with E-state index in [0.717, 1.165) is 23.5 Å². The number of ether oxygens (including phenoxy) is 4. The number of carbonyl (C=O) groups excluding carboxylic acids is 2. The van der Waals surface area contributed by atoms with Gasteiger partial charge in [-0.25, -0.2) is 14.6 Å². The number of pyridine rings is 1. The molecule has 0 bridgehead atoms. The van der Waals surface area contributed by atoms with Crippen molar-refractivity contribution >= 4 is 46.5 Å². The number of nitrogens with one attached hydrogen (secondary N) is 2. The van der Waals surface area contributed by atoms with Crippen molar-refractivity contribution in [2.45, 2.75) is 25.1 Å². The lowest BCUT2D eigenvalue weighted by molar-refractivity contribution is -0.377. The van der Waals surface area contributed by atoms with Crippen LogP contribution in [0, 0.1) is 5.92 Å². The Morgan fingerprint density at radius 3 is 2.37 bits per heavy atom. The molecule has 0 amide bonds. The third kappa shape index (κ3) is 8.37. The molecule has 0 saturated carbocycles. The van der Waals surface area contributed by atoms with Crippen molar-refractivity contribution in [2.75, 3.05) is 41.0 Å². The summed E-state index contributed by atoms with van der Waals surface area (Å²) >= 11 is 14.2. The van der Waals surface area contributed by atoms with Crippen molar-refractivity contribution in [1.29, 1.82) is 0 Å². The lowest BCUT2D eigenvalue weighted by Crippen LogP contribution is -2.46. The van der Waals surface area contributed by atoms with E-state index in [2.05, 4.69) is 15.2 Å². The van der Waals surface area contributed by atoms with Gasteiger partial charge in [0.25, 0.3) is 0 Å². The van der Waals surface area contributed by atoms with E-state index in [0.29, 0.717) is 56.6 Å². The highest BCUT2D eigenvalue weighted by atomic mass is 35.5. The standard InChI is InChI=1S/C34H35Cl2N3O6S/c1-39-18-21(19-39)20-44-34(41)32(22-7-5-4-6-8-22)38-15-24-10-12-31(46-24)33(40)45-29(14-25-26(35)16-37-17-27(25)36)23-9-11-28(42-2)30(13-23)43-3/h4-13,16-17,21,29,32,38H,14-15,18-20H2,1-3H3/p+1/t29-,32?/m0/s1. The molecule has 0 radical (unpaired) electrons. The summed E-state index contributed by atoms with van der Waals surface area (Å²) < 4.78 is 22.6. The van der Waals surface area contributed by atoms with Crippen LogP contribution in [-0.4, -0.2) is 57.8 Å².